The van der Waals surface area contributed by atoms with Gasteiger partial charge in [0.25, 0.3) is 5.56 Å². The van der Waals surface area contributed by atoms with Crippen molar-refractivity contribution in [2.75, 3.05) is 13.1 Å². The maximum absolute atomic E-state index is 12.6. The van der Waals surface area contributed by atoms with Crippen LogP contribution in [0, 0.1) is 0 Å². The van der Waals surface area contributed by atoms with Gasteiger partial charge in [-0.05, 0) is 12.8 Å². The van der Waals surface area contributed by atoms with E-state index >= 15 is 0 Å². The molecule has 2 N–H and O–H groups in total. The molecule has 124 valence electrons. The van der Waals surface area contributed by atoms with Gasteiger partial charge in [-0.25, -0.2) is 14.3 Å². The summed E-state index contributed by atoms with van der Waals surface area (Å²) < 4.78 is 3.81. The van der Waals surface area contributed by atoms with Crippen LogP contribution in [0.2, 0.25) is 0 Å². The lowest BCUT2D eigenvalue weighted by atomic mass is 10.2. The minimum Gasteiger partial charge on any atom is -0.337 e. The summed E-state index contributed by atoms with van der Waals surface area (Å²) in [4.78, 5) is 43.2. The number of aryl methyl sites for hydroxylation is 2. The van der Waals surface area contributed by atoms with Crippen LogP contribution in [-0.4, -0.2) is 48.6 Å². The molecule has 0 aliphatic carbocycles. The van der Waals surface area contributed by atoms with E-state index in [0.717, 1.165) is 17.4 Å². The number of carbonyl (C=O) groups excluding carboxylic acids is 1. The second-order valence-electron chi connectivity index (χ2n) is 5.88. The first kappa shape index (κ1) is 15.5. The number of hydrogen-bond donors (Lipinski definition) is 1. The summed E-state index contributed by atoms with van der Waals surface area (Å²) >= 11 is 0. The molecule has 1 aliphatic rings. The second kappa shape index (κ2) is 5.65. The van der Waals surface area contributed by atoms with E-state index in [9.17, 15) is 14.4 Å². The molecule has 2 aromatic rings. The van der Waals surface area contributed by atoms with Crippen molar-refractivity contribution >= 4 is 17.1 Å². The smallest absolute Gasteiger partial charge is 0.332 e. The highest BCUT2D eigenvalue weighted by Crippen LogP contribution is 2.16. The number of imidazole rings is 1. The van der Waals surface area contributed by atoms with Crippen LogP contribution in [0.4, 0.5) is 0 Å². The van der Waals surface area contributed by atoms with Crippen LogP contribution >= 0.6 is 0 Å². The van der Waals surface area contributed by atoms with Gasteiger partial charge in [0, 0.05) is 33.2 Å². The molecule has 1 fully saturated rings. The van der Waals surface area contributed by atoms with Gasteiger partial charge in [-0.2, -0.15) is 0 Å². The van der Waals surface area contributed by atoms with E-state index in [4.69, 9.17) is 5.73 Å². The minimum atomic E-state index is -0.543. The average Bonchev–Trinajstić information content (AvgIpc) is 3.15. The topological polar surface area (TPSA) is 108 Å². The number of likely N-dealkylation sites (tertiary alicyclic amines) is 1. The van der Waals surface area contributed by atoms with Gasteiger partial charge in [0.05, 0.1) is 6.33 Å². The summed E-state index contributed by atoms with van der Waals surface area (Å²) in [6, 6.07) is -0.0116. The number of aromatic nitrogens is 4. The SMILES string of the molecule is Cn1cnc2c1c(=O)n(CC(=O)N1CCCC1CN)c(=O)n2C. The lowest BCUT2D eigenvalue weighted by Crippen LogP contribution is -2.47. The fourth-order valence-corrected chi connectivity index (χ4v) is 3.17. The monoisotopic (exact) mass is 320 g/mol. The maximum Gasteiger partial charge on any atom is 0.332 e. The Morgan fingerprint density at radius 1 is 1.39 bits per heavy atom. The molecular formula is C14H20N6O3. The molecule has 1 atom stereocenters. The zero-order chi connectivity index (χ0) is 16.7. The molecule has 9 heteroatoms. The minimum absolute atomic E-state index is 0.0116. The Morgan fingerprint density at radius 2 is 2.13 bits per heavy atom. The molecule has 1 saturated heterocycles. The molecule has 1 unspecified atom stereocenters. The van der Waals surface area contributed by atoms with Crippen LogP contribution in [0.5, 0.6) is 0 Å². The highest BCUT2D eigenvalue weighted by atomic mass is 16.2. The largest absolute Gasteiger partial charge is 0.337 e. The number of amides is 1. The summed E-state index contributed by atoms with van der Waals surface area (Å²) in [6.07, 6.45) is 3.22. The number of rotatable bonds is 3. The van der Waals surface area contributed by atoms with Gasteiger partial charge in [0.15, 0.2) is 11.2 Å². The first-order valence-electron chi connectivity index (χ1n) is 7.56. The zero-order valence-corrected chi connectivity index (χ0v) is 13.2. The molecule has 0 radical (unpaired) electrons. The number of nitrogens with zero attached hydrogens (tertiary/aromatic N) is 5. The standard InChI is InChI=1S/C14H20N6O3/c1-17-8-16-12-11(17)13(22)20(14(23)18(12)2)7-10(21)19-5-3-4-9(19)6-15/h8-9H,3-7,15H2,1-2H3. The number of nitrogens with two attached hydrogens (primary N) is 1. The third-order valence-corrected chi connectivity index (χ3v) is 4.46. The van der Waals surface area contributed by atoms with Crippen molar-refractivity contribution in [3.63, 3.8) is 0 Å². The van der Waals surface area contributed by atoms with Crippen molar-refractivity contribution in [3.05, 3.63) is 27.2 Å². The number of hydrogen-bond acceptors (Lipinski definition) is 5. The summed E-state index contributed by atoms with van der Waals surface area (Å²) in [5.74, 6) is -0.251. The molecule has 1 amide bonds. The van der Waals surface area contributed by atoms with E-state index in [1.54, 1.807) is 16.5 Å². The van der Waals surface area contributed by atoms with E-state index in [-0.39, 0.29) is 18.5 Å². The Morgan fingerprint density at radius 3 is 2.83 bits per heavy atom. The number of carbonyl (C=O) groups is 1. The molecule has 23 heavy (non-hydrogen) atoms. The van der Waals surface area contributed by atoms with Gasteiger partial charge in [0.1, 0.15) is 6.54 Å². The van der Waals surface area contributed by atoms with E-state index in [2.05, 4.69) is 4.98 Å². The molecule has 0 bridgehead atoms. The highest BCUT2D eigenvalue weighted by molar-refractivity contribution is 5.77. The Hall–Kier alpha value is -2.42. The fraction of sp³-hybridized carbons (Fsp3) is 0.571. The number of fused-ring (bicyclic) bond motifs is 1. The summed E-state index contributed by atoms with van der Waals surface area (Å²) in [7, 11) is 3.22. The zero-order valence-electron chi connectivity index (χ0n) is 13.2. The molecule has 0 aromatic carbocycles. The molecule has 3 heterocycles. The van der Waals surface area contributed by atoms with Crippen LogP contribution in [0.1, 0.15) is 12.8 Å². The van der Waals surface area contributed by atoms with Gasteiger partial charge in [0.2, 0.25) is 5.91 Å². The van der Waals surface area contributed by atoms with Crippen molar-refractivity contribution in [1.29, 1.82) is 0 Å². The maximum atomic E-state index is 12.6. The summed E-state index contributed by atoms with van der Waals surface area (Å²) in [6.45, 7) is 0.728. The van der Waals surface area contributed by atoms with Crippen molar-refractivity contribution in [3.8, 4) is 0 Å². The predicted octanol–water partition coefficient (Wildman–Crippen LogP) is -1.62. The lowest BCUT2D eigenvalue weighted by Gasteiger charge is -2.23. The van der Waals surface area contributed by atoms with Crippen LogP contribution in [0.15, 0.2) is 15.9 Å². The molecule has 2 aromatic heterocycles. The van der Waals surface area contributed by atoms with Crippen molar-refractivity contribution in [1.82, 2.24) is 23.6 Å². The average molecular weight is 320 g/mol. The van der Waals surface area contributed by atoms with Crippen molar-refractivity contribution in [2.45, 2.75) is 25.4 Å². The lowest BCUT2D eigenvalue weighted by molar-refractivity contribution is -0.132. The van der Waals surface area contributed by atoms with Crippen LogP contribution in [0.3, 0.4) is 0 Å². The van der Waals surface area contributed by atoms with Crippen LogP contribution in [-0.2, 0) is 25.4 Å². The second-order valence-corrected chi connectivity index (χ2v) is 5.88. The van der Waals surface area contributed by atoms with E-state index in [0.29, 0.717) is 24.3 Å². The van der Waals surface area contributed by atoms with Gasteiger partial charge >= 0.3 is 5.69 Å². The van der Waals surface area contributed by atoms with Crippen molar-refractivity contribution in [2.24, 2.45) is 19.8 Å². The summed E-state index contributed by atoms with van der Waals surface area (Å²) in [5.41, 5.74) is 5.25. The van der Waals surface area contributed by atoms with Gasteiger partial charge < -0.3 is 15.2 Å². The normalized spacial score (nSPS) is 18.0. The summed E-state index contributed by atoms with van der Waals surface area (Å²) in [5, 5.41) is 0. The van der Waals surface area contributed by atoms with Crippen molar-refractivity contribution < 1.29 is 4.79 Å². The quantitative estimate of drug-likeness (QED) is 0.731. The first-order chi connectivity index (χ1) is 11.0. The van der Waals surface area contributed by atoms with Gasteiger partial charge in [-0.3, -0.25) is 14.2 Å². The molecule has 9 nitrogen and oxygen atoms in total. The van der Waals surface area contributed by atoms with Crippen LogP contribution in [0.25, 0.3) is 11.2 Å². The first-order valence-corrected chi connectivity index (χ1v) is 7.56. The molecule has 1 aliphatic heterocycles. The molecule has 3 rings (SSSR count). The fourth-order valence-electron chi connectivity index (χ4n) is 3.17. The third kappa shape index (κ3) is 2.37. The Labute approximate surface area is 131 Å². The molecular weight excluding hydrogens is 300 g/mol. The Balaban J connectivity index is 2.03. The Kier molecular flexibility index (Phi) is 3.80. The Bertz CT molecular complexity index is 877. The predicted molar refractivity (Wildman–Crippen MR) is 84.0 cm³/mol. The van der Waals surface area contributed by atoms with E-state index in [1.165, 1.54) is 17.9 Å². The highest BCUT2D eigenvalue weighted by Gasteiger charge is 2.28. The van der Waals surface area contributed by atoms with Gasteiger partial charge in [-0.1, -0.05) is 0 Å². The van der Waals surface area contributed by atoms with E-state index in [1.807, 2.05) is 0 Å². The molecule has 0 saturated carbocycles. The van der Waals surface area contributed by atoms with E-state index < -0.39 is 11.2 Å². The molecule has 0 spiro atoms. The van der Waals surface area contributed by atoms with Crippen LogP contribution < -0.4 is 17.0 Å². The third-order valence-electron chi connectivity index (χ3n) is 4.46. The van der Waals surface area contributed by atoms with Gasteiger partial charge in [-0.15, -0.1) is 0 Å².